The van der Waals surface area contributed by atoms with Gasteiger partial charge >= 0.3 is 0 Å². The lowest BCUT2D eigenvalue weighted by atomic mass is 9.86. The molecular formula is C20H23N3O. The van der Waals surface area contributed by atoms with Crippen LogP contribution in [0.3, 0.4) is 0 Å². The molecule has 0 aromatic heterocycles. The van der Waals surface area contributed by atoms with Gasteiger partial charge in [-0.1, -0.05) is 48.0 Å². The second-order valence-corrected chi connectivity index (χ2v) is 6.71. The molecule has 0 spiro atoms. The molecule has 1 atom stereocenters. The molecule has 4 nitrogen and oxygen atoms in total. The van der Waals surface area contributed by atoms with Gasteiger partial charge in [0.2, 0.25) is 5.91 Å². The lowest BCUT2D eigenvalue weighted by molar-refractivity contribution is -0.126. The Kier molecular flexibility index (Phi) is 4.14. The minimum Gasteiger partial charge on any atom is -0.347 e. The number of aryl methyl sites for hydroxylation is 1. The number of carbonyl (C=O) groups is 1. The summed E-state index contributed by atoms with van der Waals surface area (Å²) >= 11 is 0. The molecule has 0 unspecified atom stereocenters. The fourth-order valence-electron chi connectivity index (χ4n) is 3.14. The van der Waals surface area contributed by atoms with Gasteiger partial charge in [-0.15, -0.1) is 0 Å². The van der Waals surface area contributed by atoms with Crippen molar-refractivity contribution >= 4 is 11.9 Å². The van der Waals surface area contributed by atoms with Crippen molar-refractivity contribution in [3.8, 4) is 11.1 Å². The van der Waals surface area contributed by atoms with Gasteiger partial charge in [-0.25, -0.2) is 0 Å². The Morgan fingerprint density at radius 3 is 2.50 bits per heavy atom. The predicted octanol–water partition coefficient (Wildman–Crippen LogP) is 3.65. The molecule has 1 fully saturated rings. The highest BCUT2D eigenvalue weighted by Crippen LogP contribution is 2.31. The van der Waals surface area contributed by atoms with Crippen LogP contribution in [-0.4, -0.2) is 23.8 Å². The highest BCUT2D eigenvalue weighted by molar-refractivity contribution is 5.96. The molecule has 124 valence electrons. The summed E-state index contributed by atoms with van der Waals surface area (Å²) in [6, 6.07) is 16.8. The summed E-state index contributed by atoms with van der Waals surface area (Å²) in [4.78, 5) is 13.4. The van der Waals surface area contributed by atoms with E-state index in [0.717, 1.165) is 11.1 Å². The van der Waals surface area contributed by atoms with Gasteiger partial charge in [-0.2, -0.15) is 0 Å². The number of carbonyl (C=O) groups excluding carboxylic acids is 1. The smallest absolute Gasteiger partial charge is 0.229 e. The maximum atomic E-state index is 12.0. The van der Waals surface area contributed by atoms with Gasteiger partial charge in [-0.05, 0) is 43.0 Å². The van der Waals surface area contributed by atoms with Crippen LogP contribution in [0.5, 0.6) is 0 Å². The van der Waals surface area contributed by atoms with Crippen molar-refractivity contribution in [2.75, 3.05) is 7.05 Å². The second-order valence-electron chi connectivity index (χ2n) is 6.71. The molecule has 1 saturated heterocycles. The molecule has 2 N–H and O–H groups in total. The van der Waals surface area contributed by atoms with Gasteiger partial charge in [-0.3, -0.25) is 15.1 Å². The molecule has 0 bridgehead atoms. The molecule has 0 saturated carbocycles. The molecular weight excluding hydrogens is 298 g/mol. The van der Waals surface area contributed by atoms with Crippen LogP contribution in [0.1, 0.15) is 30.9 Å². The van der Waals surface area contributed by atoms with Crippen molar-refractivity contribution < 1.29 is 4.79 Å². The first-order valence-corrected chi connectivity index (χ1v) is 8.20. The highest BCUT2D eigenvalue weighted by atomic mass is 16.2. The molecule has 1 aliphatic rings. The Bertz CT molecular complexity index is 799. The zero-order chi connectivity index (χ0) is 17.3. The van der Waals surface area contributed by atoms with E-state index in [-0.39, 0.29) is 11.9 Å². The van der Waals surface area contributed by atoms with Crippen molar-refractivity contribution in [2.24, 2.45) is 0 Å². The van der Waals surface area contributed by atoms with Crippen molar-refractivity contribution in [1.29, 1.82) is 5.41 Å². The largest absolute Gasteiger partial charge is 0.347 e. The molecule has 2 aromatic rings. The molecule has 1 amide bonds. The summed E-state index contributed by atoms with van der Waals surface area (Å²) in [5, 5.41) is 11.3. The van der Waals surface area contributed by atoms with E-state index in [4.69, 9.17) is 5.41 Å². The lowest BCUT2D eigenvalue weighted by Crippen LogP contribution is -2.47. The number of hydrogen-bond donors (Lipinski definition) is 2. The first-order valence-electron chi connectivity index (χ1n) is 8.20. The number of amides is 1. The summed E-state index contributed by atoms with van der Waals surface area (Å²) in [5.74, 6) is 0.132. The number of nitrogens with zero attached hydrogens (tertiary/aromatic N) is 1. The third kappa shape index (κ3) is 3.04. The van der Waals surface area contributed by atoms with Crippen LogP contribution in [0.2, 0.25) is 0 Å². The Balaban J connectivity index is 1.98. The maximum absolute atomic E-state index is 12.0. The molecule has 1 aliphatic heterocycles. The van der Waals surface area contributed by atoms with Crippen molar-refractivity contribution in [2.45, 2.75) is 32.2 Å². The van der Waals surface area contributed by atoms with Gasteiger partial charge < -0.3 is 5.32 Å². The SMILES string of the molecule is Cc1cccc(-c2cccc([C@]3(C)CCC(=O)N(C)C(=N)N3)c2)c1. The number of hydrogen-bond acceptors (Lipinski definition) is 2. The number of nitrogens with one attached hydrogen (secondary N) is 2. The number of rotatable bonds is 2. The Labute approximate surface area is 143 Å². The van der Waals surface area contributed by atoms with E-state index in [0.29, 0.717) is 12.8 Å². The summed E-state index contributed by atoms with van der Waals surface area (Å²) in [5.41, 5.74) is 4.21. The minimum absolute atomic E-state index is 0.0222. The average Bonchev–Trinajstić information content (AvgIpc) is 2.68. The predicted molar refractivity (Wildman–Crippen MR) is 96.8 cm³/mol. The molecule has 2 aromatic carbocycles. The van der Waals surface area contributed by atoms with Gasteiger partial charge in [0.15, 0.2) is 5.96 Å². The minimum atomic E-state index is -0.433. The first kappa shape index (κ1) is 16.2. The van der Waals surface area contributed by atoms with Crippen LogP contribution >= 0.6 is 0 Å². The Morgan fingerprint density at radius 2 is 1.79 bits per heavy atom. The van der Waals surface area contributed by atoms with Crippen molar-refractivity contribution in [3.63, 3.8) is 0 Å². The molecule has 0 aliphatic carbocycles. The van der Waals surface area contributed by atoms with Gasteiger partial charge in [0, 0.05) is 13.5 Å². The van der Waals surface area contributed by atoms with E-state index >= 15 is 0 Å². The van der Waals surface area contributed by atoms with Crippen LogP contribution in [-0.2, 0) is 10.3 Å². The van der Waals surface area contributed by atoms with E-state index in [1.54, 1.807) is 7.05 Å². The van der Waals surface area contributed by atoms with E-state index in [9.17, 15) is 4.79 Å². The summed E-state index contributed by atoms with van der Waals surface area (Å²) in [7, 11) is 1.65. The van der Waals surface area contributed by atoms with Crippen LogP contribution in [0, 0.1) is 12.3 Å². The summed E-state index contributed by atoms with van der Waals surface area (Å²) in [6.45, 7) is 4.15. The van der Waals surface area contributed by atoms with Gasteiger partial charge in [0.25, 0.3) is 0 Å². The second kappa shape index (κ2) is 6.11. The third-order valence-electron chi connectivity index (χ3n) is 4.79. The summed E-state index contributed by atoms with van der Waals surface area (Å²) < 4.78 is 0. The molecule has 1 heterocycles. The normalized spacial score (nSPS) is 21.4. The van der Waals surface area contributed by atoms with Crippen molar-refractivity contribution in [1.82, 2.24) is 10.2 Å². The summed E-state index contributed by atoms with van der Waals surface area (Å²) in [6.07, 6.45) is 1.09. The first-order chi connectivity index (χ1) is 11.4. The standard InChI is InChI=1S/C20H23N3O/c1-14-6-4-7-15(12-14)16-8-5-9-17(13-16)20(2)11-10-18(24)23(3)19(21)22-20/h4-9,12-13H,10-11H2,1-3H3,(H2,21,22)/t20-/m0/s1. The zero-order valence-electron chi connectivity index (χ0n) is 14.4. The van der Waals surface area contributed by atoms with E-state index in [2.05, 4.69) is 61.6 Å². The third-order valence-corrected chi connectivity index (χ3v) is 4.79. The average molecular weight is 321 g/mol. The van der Waals surface area contributed by atoms with Crippen LogP contribution in [0.4, 0.5) is 0 Å². The highest BCUT2D eigenvalue weighted by Gasteiger charge is 2.33. The molecule has 24 heavy (non-hydrogen) atoms. The maximum Gasteiger partial charge on any atom is 0.229 e. The monoisotopic (exact) mass is 321 g/mol. The molecule has 3 rings (SSSR count). The molecule has 4 heteroatoms. The van der Waals surface area contributed by atoms with E-state index < -0.39 is 5.54 Å². The van der Waals surface area contributed by atoms with Crippen LogP contribution in [0.25, 0.3) is 11.1 Å². The number of benzene rings is 2. The number of guanidine groups is 1. The fourth-order valence-corrected chi connectivity index (χ4v) is 3.14. The molecule has 0 radical (unpaired) electrons. The van der Waals surface area contributed by atoms with E-state index in [1.165, 1.54) is 16.0 Å². The van der Waals surface area contributed by atoms with Crippen molar-refractivity contribution in [3.05, 3.63) is 59.7 Å². The Morgan fingerprint density at radius 1 is 1.12 bits per heavy atom. The zero-order valence-corrected chi connectivity index (χ0v) is 14.4. The quantitative estimate of drug-likeness (QED) is 0.887. The van der Waals surface area contributed by atoms with E-state index in [1.807, 2.05) is 6.07 Å². The fraction of sp³-hybridized carbons (Fsp3) is 0.300. The van der Waals surface area contributed by atoms with Gasteiger partial charge in [0.05, 0.1) is 5.54 Å². The van der Waals surface area contributed by atoms with Crippen LogP contribution in [0.15, 0.2) is 48.5 Å². The lowest BCUT2D eigenvalue weighted by Gasteiger charge is -2.31. The van der Waals surface area contributed by atoms with Gasteiger partial charge in [0.1, 0.15) is 0 Å². The van der Waals surface area contributed by atoms with Crippen LogP contribution < -0.4 is 5.32 Å². The topological polar surface area (TPSA) is 56.2 Å². The Hall–Kier alpha value is -2.62.